The van der Waals surface area contributed by atoms with Crippen LogP contribution in [0.1, 0.15) is 42.3 Å². The average molecular weight is 567 g/mol. The number of alkyl halides is 3. The smallest absolute Gasteiger partial charge is 0.422 e. The van der Waals surface area contributed by atoms with Crippen LogP contribution in [0.5, 0.6) is 5.75 Å². The van der Waals surface area contributed by atoms with Gasteiger partial charge in [-0.05, 0) is 53.4 Å². The molecule has 4 rings (SSSR count). The van der Waals surface area contributed by atoms with Crippen LogP contribution < -0.4 is 21.1 Å². The van der Waals surface area contributed by atoms with Gasteiger partial charge in [-0.25, -0.2) is 0 Å². The summed E-state index contributed by atoms with van der Waals surface area (Å²) in [5.74, 6) is -0.216. The summed E-state index contributed by atoms with van der Waals surface area (Å²) in [6.45, 7) is 4.43. The number of carbonyl (C=O) groups is 1. The van der Waals surface area contributed by atoms with Crippen LogP contribution >= 0.6 is 0 Å². The number of amides is 1. The number of halogens is 3. The summed E-state index contributed by atoms with van der Waals surface area (Å²) < 4.78 is 41.9. The second-order valence-corrected chi connectivity index (χ2v) is 10.2. The Bertz CT molecular complexity index is 1520. The first-order valence-electron chi connectivity index (χ1n) is 12.6. The molecule has 0 unspecified atom stereocenters. The van der Waals surface area contributed by atoms with Crippen LogP contribution in [-0.4, -0.2) is 38.7 Å². The summed E-state index contributed by atoms with van der Waals surface area (Å²) >= 11 is 0. The van der Waals surface area contributed by atoms with E-state index in [0.29, 0.717) is 28.1 Å². The van der Waals surface area contributed by atoms with Crippen LogP contribution in [0, 0.1) is 0 Å². The van der Waals surface area contributed by atoms with Crippen molar-refractivity contribution in [2.24, 2.45) is 0 Å². The summed E-state index contributed by atoms with van der Waals surface area (Å²) in [4.78, 5) is 25.6. The van der Waals surface area contributed by atoms with Gasteiger partial charge in [0.2, 0.25) is 11.9 Å². The van der Waals surface area contributed by atoms with Crippen molar-refractivity contribution < 1.29 is 27.8 Å². The highest BCUT2D eigenvalue weighted by Gasteiger charge is 2.28. The Morgan fingerprint density at radius 2 is 1.63 bits per heavy atom. The van der Waals surface area contributed by atoms with Crippen molar-refractivity contribution in [2.75, 3.05) is 23.0 Å². The Morgan fingerprint density at radius 3 is 2.24 bits per heavy atom. The van der Waals surface area contributed by atoms with E-state index in [-0.39, 0.29) is 34.8 Å². The summed E-state index contributed by atoms with van der Waals surface area (Å²) in [5.41, 5.74) is 9.04. The van der Waals surface area contributed by atoms with E-state index in [0.717, 1.165) is 5.56 Å². The van der Waals surface area contributed by atoms with Gasteiger partial charge in [-0.3, -0.25) is 4.79 Å². The quantitative estimate of drug-likeness (QED) is 0.209. The zero-order valence-electron chi connectivity index (χ0n) is 22.6. The Balaban J connectivity index is 1.55. The summed E-state index contributed by atoms with van der Waals surface area (Å²) in [7, 11) is 0. The number of benzene rings is 3. The first-order valence-corrected chi connectivity index (χ1v) is 12.6. The number of nitrogens with two attached hydrogens (primary N) is 1. The molecule has 1 heterocycles. The lowest BCUT2D eigenvalue weighted by Crippen LogP contribution is -2.19. The topological polar surface area (TPSA) is 135 Å². The minimum atomic E-state index is -4.44. The number of aromatic nitrogens is 3. The molecule has 1 amide bonds. The van der Waals surface area contributed by atoms with Gasteiger partial charge in [0.25, 0.3) is 5.91 Å². The molecule has 9 nitrogen and oxygen atoms in total. The predicted molar refractivity (Wildman–Crippen MR) is 150 cm³/mol. The number of rotatable bonds is 8. The number of nitrogens with one attached hydrogen (secondary N) is 2. The molecular formula is C29H29F3N6O3. The second kappa shape index (κ2) is 11.8. The molecule has 0 aliphatic heterocycles. The average Bonchev–Trinajstić information content (AvgIpc) is 2.91. The van der Waals surface area contributed by atoms with Crippen molar-refractivity contribution in [2.45, 2.75) is 39.0 Å². The normalized spacial score (nSPS) is 11.7. The largest absolute Gasteiger partial charge is 0.484 e. The molecule has 0 saturated carbocycles. The van der Waals surface area contributed by atoms with Crippen molar-refractivity contribution in [1.29, 1.82) is 0 Å². The predicted octanol–water partition coefficient (Wildman–Crippen LogP) is 5.85. The molecule has 0 bridgehead atoms. The van der Waals surface area contributed by atoms with Gasteiger partial charge in [0.1, 0.15) is 5.75 Å². The number of nitrogen functional groups attached to an aromatic ring is 1. The van der Waals surface area contributed by atoms with E-state index in [9.17, 15) is 23.1 Å². The molecule has 0 saturated heterocycles. The number of hydrogen-bond acceptors (Lipinski definition) is 8. The maximum atomic E-state index is 13.0. The summed E-state index contributed by atoms with van der Waals surface area (Å²) in [6, 6.07) is 18.0. The van der Waals surface area contributed by atoms with Crippen molar-refractivity contribution in [3.8, 4) is 17.1 Å². The van der Waals surface area contributed by atoms with Gasteiger partial charge in [-0.1, -0.05) is 45.0 Å². The summed E-state index contributed by atoms with van der Waals surface area (Å²) in [5, 5.41) is 16.0. The molecule has 0 atom stereocenters. The highest BCUT2D eigenvalue weighted by atomic mass is 19.4. The van der Waals surface area contributed by atoms with Crippen LogP contribution in [0.15, 0.2) is 66.7 Å². The molecule has 5 N–H and O–H groups in total. The Kier molecular flexibility index (Phi) is 8.43. The van der Waals surface area contributed by atoms with Crippen LogP contribution in [0.3, 0.4) is 0 Å². The van der Waals surface area contributed by atoms with Gasteiger partial charge in [0.05, 0.1) is 6.61 Å². The SMILES string of the molecule is CC(C)(C)c1ccc(C(=O)Nc2cccc(-c3nc(N)nc(Nc4ccc(OCC(F)(F)F)cc4)n3)c2CO)cc1. The first kappa shape index (κ1) is 29.3. The van der Waals surface area contributed by atoms with E-state index in [4.69, 9.17) is 10.5 Å². The number of anilines is 4. The molecule has 1 aromatic heterocycles. The van der Waals surface area contributed by atoms with Crippen LogP contribution in [0.4, 0.5) is 36.4 Å². The minimum absolute atomic E-state index is 0.0420. The fourth-order valence-corrected chi connectivity index (χ4v) is 3.90. The van der Waals surface area contributed by atoms with Crippen molar-refractivity contribution >= 4 is 29.2 Å². The van der Waals surface area contributed by atoms with Gasteiger partial charge >= 0.3 is 6.18 Å². The third kappa shape index (κ3) is 7.70. The molecule has 0 fully saturated rings. The maximum absolute atomic E-state index is 13.0. The van der Waals surface area contributed by atoms with Crippen LogP contribution in [0.25, 0.3) is 11.4 Å². The molecule has 0 radical (unpaired) electrons. The van der Waals surface area contributed by atoms with Gasteiger partial charge in [-0.15, -0.1) is 0 Å². The maximum Gasteiger partial charge on any atom is 0.422 e. The lowest BCUT2D eigenvalue weighted by atomic mass is 9.86. The number of nitrogens with zero attached hydrogens (tertiary/aromatic N) is 3. The van der Waals surface area contributed by atoms with E-state index in [2.05, 4.69) is 46.4 Å². The van der Waals surface area contributed by atoms with E-state index < -0.39 is 19.4 Å². The van der Waals surface area contributed by atoms with Crippen molar-refractivity contribution in [3.63, 3.8) is 0 Å². The Hall–Kier alpha value is -4.71. The third-order valence-electron chi connectivity index (χ3n) is 6.00. The van der Waals surface area contributed by atoms with Gasteiger partial charge < -0.3 is 26.2 Å². The molecule has 4 aromatic rings. The Labute approximate surface area is 234 Å². The molecule has 0 aliphatic rings. The van der Waals surface area contributed by atoms with E-state index in [1.54, 1.807) is 30.3 Å². The molecule has 214 valence electrons. The number of aliphatic hydroxyl groups is 1. The molecule has 12 heteroatoms. The van der Waals surface area contributed by atoms with Gasteiger partial charge in [0.15, 0.2) is 12.4 Å². The number of ether oxygens (including phenoxy) is 1. The monoisotopic (exact) mass is 566 g/mol. The van der Waals surface area contributed by atoms with Crippen molar-refractivity contribution in [3.05, 3.63) is 83.4 Å². The van der Waals surface area contributed by atoms with Crippen LogP contribution in [0.2, 0.25) is 0 Å². The molecule has 0 aliphatic carbocycles. The molecule has 0 spiro atoms. The Morgan fingerprint density at radius 1 is 0.951 bits per heavy atom. The van der Waals surface area contributed by atoms with Gasteiger partial charge in [0, 0.05) is 28.1 Å². The van der Waals surface area contributed by atoms with Crippen LogP contribution in [-0.2, 0) is 12.0 Å². The van der Waals surface area contributed by atoms with E-state index >= 15 is 0 Å². The highest BCUT2D eigenvalue weighted by molar-refractivity contribution is 6.05. The highest BCUT2D eigenvalue weighted by Crippen LogP contribution is 2.30. The number of aliphatic hydroxyl groups excluding tert-OH is 1. The molecule has 41 heavy (non-hydrogen) atoms. The number of carbonyl (C=O) groups excluding carboxylic acids is 1. The lowest BCUT2D eigenvalue weighted by molar-refractivity contribution is -0.153. The second-order valence-electron chi connectivity index (χ2n) is 10.2. The third-order valence-corrected chi connectivity index (χ3v) is 6.00. The van der Waals surface area contributed by atoms with E-state index in [1.165, 1.54) is 24.3 Å². The number of hydrogen-bond donors (Lipinski definition) is 4. The van der Waals surface area contributed by atoms with E-state index in [1.807, 2.05) is 12.1 Å². The zero-order valence-corrected chi connectivity index (χ0v) is 22.6. The van der Waals surface area contributed by atoms with Gasteiger partial charge in [-0.2, -0.15) is 28.1 Å². The lowest BCUT2D eigenvalue weighted by Gasteiger charge is -2.19. The fraction of sp³-hybridized carbons (Fsp3) is 0.241. The standard InChI is InChI=1S/C29H29F3N6O3/c1-28(2,3)18-9-7-17(8-10-18)25(40)35-23-6-4-5-21(22(23)15-39)24-36-26(33)38-27(37-24)34-19-11-13-20(14-12-19)41-16-29(30,31)32/h4-14,39H,15-16H2,1-3H3,(H,35,40)(H3,33,34,36,37,38). The summed E-state index contributed by atoms with van der Waals surface area (Å²) in [6.07, 6.45) is -4.44. The molecular weight excluding hydrogens is 537 g/mol. The molecule has 3 aromatic carbocycles. The zero-order chi connectivity index (χ0) is 29.8. The fourth-order valence-electron chi connectivity index (χ4n) is 3.90. The van der Waals surface area contributed by atoms with Crippen molar-refractivity contribution in [1.82, 2.24) is 15.0 Å². The first-order chi connectivity index (χ1) is 19.3. The minimum Gasteiger partial charge on any atom is -0.484 e.